The molecule has 2 aliphatic heterocycles. The largest absolute Gasteiger partial charge is 0.458 e. The first-order valence-corrected chi connectivity index (χ1v) is 9.97. The van der Waals surface area contributed by atoms with Crippen LogP contribution < -0.4 is 0 Å². The van der Waals surface area contributed by atoms with Gasteiger partial charge in [-0.15, -0.1) is 0 Å². The molecule has 0 aromatic heterocycles. The van der Waals surface area contributed by atoms with Crippen molar-refractivity contribution in [1.29, 1.82) is 0 Å². The Morgan fingerprint density at radius 2 is 1.27 bits per heavy atom. The Morgan fingerprint density at radius 3 is 1.42 bits per heavy atom. The highest BCUT2D eigenvalue weighted by molar-refractivity contribution is 5.75. The quantitative estimate of drug-likeness (QED) is 0.672. The topological polar surface area (TPSA) is 55.8 Å². The molecule has 0 spiro atoms. The highest BCUT2D eigenvalue weighted by Gasteiger charge is 2.49. The number of rotatable bonds is 4. The molecule has 0 radical (unpaired) electrons. The number of carbonyl (C=O) groups is 2. The SMILES string of the molecule is CC(C)C1(C(C)C)CN(C)C(=O)O1.CC1CC(C(C)C)(C(C)C)OC1=O. The molecule has 26 heavy (non-hydrogen) atoms. The third-order valence-electron chi connectivity index (χ3n) is 6.30. The molecule has 0 bridgehead atoms. The van der Waals surface area contributed by atoms with E-state index in [0.717, 1.165) is 6.42 Å². The molecule has 5 heteroatoms. The number of hydrogen-bond acceptors (Lipinski definition) is 4. The number of ether oxygens (including phenoxy) is 2. The van der Waals surface area contributed by atoms with Crippen LogP contribution in [0.1, 0.15) is 68.7 Å². The van der Waals surface area contributed by atoms with Gasteiger partial charge < -0.3 is 14.4 Å². The first-order chi connectivity index (χ1) is 11.8. The van der Waals surface area contributed by atoms with Gasteiger partial charge in [0.1, 0.15) is 11.2 Å². The summed E-state index contributed by atoms with van der Waals surface area (Å²) in [6.07, 6.45) is 0.684. The second-order valence-corrected chi connectivity index (χ2v) is 9.28. The second-order valence-electron chi connectivity index (χ2n) is 9.28. The Labute approximate surface area is 159 Å². The first kappa shape index (κ1) is 22.8. The third kappa shape index (κ3) is 4.17. The van der Waals surface area contributed by atoms with E-state index in [9.17, 15) is 9.59 Å². The predicted octanol–water partition coefficient (Wildman–Crippen LogP) is 4.74. The summed E-state index contributed by atoms with van der Waals surface area (Å²) >= 11 is 0. The molecular formula is C21H39NO4. The minimum atomic E-state index is -0.286. The van der Waals surface area contributed by atoms with Crippen molar-refractivity contribution in [3.8, 4) is 0 Å². The van der Waals surface area contributed by atoms with Gasteiger partial charge in [-0.1, -0.05) is 62.3 Å². The Morgan fingerprint density at radius 1 is 0.846 bits per heavy atom. The van der Waals surface area contributed by atoms with Crippen molar-refractivity contribution in [1.82, 2.24) is 4.90 Å². The van der Waals surface area contributed by atoms with Gasteiger partial charge in [-0.25, -0.2) is 4.79 Å². The number of hydrogen-bond donors (Lipinski definition) is 0. The fourth-order valence-electron chi connectivity index (χ4n) is 4.24. The summed E-state index contributed by atoms with van der Waals surface area (Å²) in [4.78, 5) is 24.3. The molecule has 2 aliphatic rings. The number of amides is 1. The summed E-state index contributed by atoms with van der Waals surface area (Å²) in [5.41, 5.74) is -0.498. The maximum Gasteiger partial charge on any atom is 0.410 e. The molecule has 1 amide bonds. The molecule has 2 saturated heterocycles. The molecule has 1 atom stereocenters. The van der Waals surface area contributed by atoms with Crippen LogP contribution in [0, 0.1) is 29.6 Å². The number of esters is 1. The number of nitrogens with zero attached hydrogens (tertiary/aromatic N) is 1. The van der Waals surface area contributed by atoms with Gasteiger partial charge >= 0.3 is 12.1 Å². The van der Waals surface area contributed by atoms with Crippen molar-refractivity contribution in [3.63, 3.8) is 0 Å². The van der Waals surface area contributed by atoms with Gasteiger partial charge in [0.2, 0.25) is 0 Å². The lowest BCUT2D eigenvalue weighted by Gasteiger charge is -2.35. The number of likely N-dealkylation sites (N-methyl/N-ethyl adjacent to an activating group) is 1. The van der Waals surface area contributed by atoms with E-state index in [2.05, 4.69) is 55.4 Å². The summed E-state index contributed by atoms with van der Waals surface area (Å²) in [6, 6.07) is 0. The molecular weight excluding hydrogens is 330 g/mol. The lowest BCUT2D eigenvalue weighted by atomic mass is 9.77. The lowest BCUT2D eigenvalue weighted by molar-refractivity contribution is -0.158. The minimum absolute atomic E-state index is 0.0256. The van der Waals surface area contributed by atoms with Crippen molar-refractivity contribution >= 4 is 12.1 Å². The Balaban J connectivity index is 0.000000260. The molecule has 0 aromatic rings. The van der Waals surface area contributed by atoms with Crippen LogP contribution in [0.15, 0.2) is 0 Å². The molecule has 2 fully saturated rings. The summed E-state index contributed by atoms with van der Waals surface area (Å²) < 4.78 is 11.0. The van der Waals surface area contributed by atoms with Gasteiger partial charge in [-0.05, 0) is 23.7 Å². The maximum atomic E-state index is 11.4. The molecule has 0 saturated carbocycles. The average molecular weight is 370 g/mol. The van der Waals surface area contributed by atoms with Gasteiger partial charge in [-0.3, -0.25) is 4.79 Å². The molecule has 2 heterocycles. The van der Waals surface area contributed by atoms with Crippen molar-refractivity contribution < 1.29 is 19.1 Å². The first-order valence-electron chi connectivity index (χ1n) is 9.97. The Bertz CT molecular complexity index is 448. The lowest BCUT2D eigenvalue weighted by Crippen LogP contribution is -2.44. The van der Waals surface area contributed by atoms with Gasteiger partial charge in [0.15, 0.2) is 0 Å². The van der Waals surface area contributed by atoms with Crippen LogP contribution in [-0.2, 0) is 14.3 Å². The van der Waals surface area contributed by atoms with Crippen molar-refractivity contribution in [2.45, 2.75) is 79.9 Å². The van der Waals surface area contributed by atoms with Crippen molar-refractivity contribution in [2.75, 3.05) is 13.6 Å². The van der Waals surface area contributed by atoms with E-state index >= 15 is 0 Å². The van der Waals surface area contributed by atoms with Crippen LogP contribution in [0.5, 0.6) is 0 Å². The van der Waals surface area contributed by atoms with Gasteiger partial charge in [0.25, 0.3) is 0 Å². The van der Waals surface area contributed by atoms with E-state index in [1.165, 1.54) is 0 Å². The zero-order valence-corrected chi connectivity index (χ0v) is 18.4. The third-order valence-corrected chi connectivity index (χ3v) is 6.30. The second kappa shape index (κ2) is 8.18. The maximum absolute atomic E-state index is 11.4. The summed E-state index contributed by atoms with van der Waals surface area (Å²) in [7, 11) is 1.79. The van der Waals surface area contributed by atoms with E-state index < -0.39 is 0 Å². The molecule has 2 rings (SSSR count). The summed E-state index contributed by atoms with van der Waals surface area (Å²) in [6.45, 7) is 19.6. The zero-order chi connectivity index (χ0) is 20.4. The van der Waals surface area contributed by atoms with Crippen LogP contribution in [0.3, 0.4) is 0 Å². The number of cyclic esters (lactones) is 2. The normalized spacial score (nSPS) is 24.2. The average Bonchev–Trinajstić information content (AvgIpc) is 2.99. The molecule has 0 aliphatic carbocycles. The fraction of sp³-hybridized carbons (Fsp3) is 0.905. The van der Waals surface area contributed by atoms with E-state index in [-0.39, 0.29) is 29.2 Å². The highest BCUT2D eigenvalue weighted by atomic mass is 16.6. The highest BCUT2D eigenvalue weighted by Crippen LogP contribution is 2.42. The zero-order valence-electron chi connectivity index (χ0n) is 18.4. The smallest absolute Gasteiger partial charge is 0.410 e. The molecule has 1 unspecified atom stereocenters. The summed E-state index contributed by atoms with van der Waals surface area (Å²) in [5.74, 6) is 1.58. The van der Waals surface area contributed by atoms with Crippen molar-refractivity contribution in [3.05, 3.63) is 0 Å². The van der Waals surface area contributed by atoms with Gasteiger partial charge in [-0.2, -0.15) is 0 Å². The van der Waals surface area contributed by atoms with Gasteiger partial charge in [0, 0.05) is 13.5 Å². The Hall–Kier alpha value is -1.26. The standard InChI is InChI=1S/C11H20O2.C10H19NO2/c1-7(2)11(8(3)4)6-9(5)10(12)13-11;1-7(2)10(8(3)4)6-11(5)9(12)13-10/h7-9H,6H2,1-5H3;7-8H,6H2,1-5H3. The monoisotopic (exact) mass is 369 g/mol. The van der Waals surface area contributed by atoms with Crippen LogP contribution in [0.2, 0.25) is 0 Å². The van der Waals surface area contributed by atoms with E-state index in [1.54, 1.807) is 11.9 Å². The van der Waals surface area contributed by atoms with Crippen molar-refractivity contribution in [2.24, 2.45) is 29.6 Å². The number of carbonyl (C=O) groups excluding carboxylic acids is 2. The predicted molar refractivity (Wildman–Crippen MR) is 104 cm³/mol. The van der Waals surface area contributed by atoms with Crippen LogP contribution in [-0.4, -0.2) is 41.8 Å². The minimum Gasteiger partial charge on any atom is -0.458 e. The Kier molecular flexibility index (Phi) is 7.17. The summed E-state index contributed by atoms with van der Waals surface area (Å²) in [5, 5.41) is 0. The molecule has 152 valence electrons. The molecule has 5 nitrogen and oxygen atoms in total. The molecule has 0 aromatic carbocycles. The van der Waals surface area contributed by atoms with Crippen LogP contribution >= 0.6 is 0 Å². The van der Waals surface area contributed by atoms with E-state index in [0.29, 0.717) is 30.2 Å². The van der Waals surface area contributed by atoms with Gasteiger partial charge in [0.05, 0.1) is 12.5 Å². The fourth-order valence-corrected chi connectivity index (χ4v) is 4.24. The van der Waals surface area contributed by atoms with E-state index in [4.69, 9.17) is 9.47 Å². The van der Waals surface area contributed by atoms with Crippen LogP contribution in [0.4, 0.5) is 4.79 Å². The van der Waals surface area contributed by atoms with Crippen LogP contribution in [0.25, 0.3) is 0 Å². The van der Waals surface area contributed by atoms with E-state index in [1.807, 2.05) is 6.92 Å². The molecule has 0 N–H and O–H groups in total.